The second-order valence-electron chi connectivity index (χ2n) is 5.18. The highest BCUT2D eigenvalue weighted by Crippen LogP contribution is 2.30. The monoisotopic (exact) mass is 292 g/mol. The Labute approximate surface area is 127 Å². The second-order valence-corrected chi connectivity index (χ2v) is 5.58. The molecule has 0 radical (unpaired) electrons. The summed E-state index contributed by atoms with van der Waals surface area (Å²) < 4.78 is 5.36. The molecule has 110 valence electrons. The zero-order valence-corrected chi connectivity index (χ0v) is 13.4. The fraction of sp³-hybridized carbons (Fsp3) is 0.562. The zero-order chi connectivity index (χ0) is 14.5. The first-order valence-electron chi connectivity index (χ1n) is 7.38. The number of nitrogens with zero attached hydrogens (tertiary/aromatic N) is 1. The molecule has 0 amide bonds. The molecule has 0 saturated heterocycles. The number of nitrogens with one attached hydrogen (secondary N) is 1. The number of hydrogen-bond donors (Lipinski definition) is 1. The van der Waals surface area contributed by atoms with Crippen LogP contribution in [0.3, 0.4) is 0 Å². The SMILES string of the molecule is CCN(CC)CCC1CNC(=S)c2ccc(OC)cc21. The van der Waals surface area contributed by atoms with Crippen molar-refractivity contribution in [3.8, 4) is 5.75 Å². The molecule has 0 aliphatic carbocycles. The average Bonchev–Trinajstić information content (AvgIpc) is 2.49. The van der Waals surface area contributed by atoms with E-state index >= 15 is 0 Å². The van der Waals surface area contributed by atoms with Crippen LogP contribution in [0.2, 0.25) is 0 Å². The number of ether oxygens (including phenoxy) is 1. The van der Waals surface area contributed by atoms with Gasteiger partial charge in [0.05, 0.1) is 7.11 Å². The van der Waals surface area contributed by atoms with Crippen LogP contribution in [0.1, 0.15) is 37.3 Å². The molecule has 1 aliphatic rings. The summed E-state index contributed by atoms with van der Waals surface area (Å²) in [5.41, 5.74) is 2.50. The molecule has 20 heavy (non-hydrogen) atoms. The van der Waals surface area contributed by atoms with Crippen LogP contribution >= 0.6 is 12.2 Å². The molecule has 0 saturated carbocycles. The Hall–Kier alpha value is -1.13. The molecule has 1 N–H and O–H groups in total. The summed E-state index contributed by atoms with van der Waals surface area (Å²) in [7, 11) is 1.71. The Morgan fingerprint density at radius 1 is 1.35 bits per heavy atom. The van der Waals surface area contributed by atoms with E-state index in [2.05, 4.69) is 36.2 Å². The van der Waals surface area contributed by atoms with E-state index in [1.807, 2.05) is 6.07 Å². The van der Waals surface area contributed by atoms with E-state index in [-0.39, 0.29) is 0 Å². The van der Waals surface area contributed by atoms with E-state index in [9.17, 15) is 0 Å². The molecule has 1 aromatic carbocycles. The van der Waals surface area contributed by atoms with Gasteiger partial charge in [-0.1, -0.05) is 26.1 Å². The molecule has 3 nitrogen and oxygen atoms in total. The van der Waals surface area contributed by atoms with Gasteiger partial charge in [0, 0.05) is 18.0 Å². The van der Waals surface area contributed by atoms with Gasteiger partial charge in [-0.2, -0.15) is 0 Å². The van der Waals surface area contributed by atoms with Gasteiger partial charge >= 0.3 is 0 Å². The van der Waals surface area contributed by atoms with Crippen LogP contribution in [0.25, 0.3) is 0 Å². The van der Waals surface area contributed by atoms with Crippen molar-refractivity contribution < 1.29 is 4.74 Å². The summed E-state index contributed by atoms with van der Waals surface area (Å²) in [5, 5.41) is 3.36. The zero-order valence-electron chi connectivity index (χ0n) is 12.6. The maximum atomic E-state index is 5.41. The van der Waals surface area contributed by atoms with Crippen LogP contribution in [0.4, 0.5) is 0 Å². The first kappa shape index (κ1) is 15.3. The molecule has 4 heteroatoms. The van der Waals surface area contributed by atoms with E-state index in [1.165, 1.54) is 5.56 Å². The molecule has 0 bridgehead atoms. The molecule has 1 heterocycles. The minimum atomic E-state index is 0.507. The third kappa shape index (κ3) is 3.30. The molecule has 0 spiro atoms. The lowest BCUT2D eigenvalue weighted by Crippen LogP contribution is -2.36. The molecular weight excluding hydrogens is 268 g/mol. The van der Waals surface area contributed by atoms with Crippen LogP contribution in [-0.2, 0) is 0 Å². The molecular formula is C16H24N2OS. The minimum Gasteiger partial charge on any atom is -0.497 e. The summed E-state index contributed by atoms with van der Waals surface area (Å²) in [6.07, 6.45) is 1.15. The standard InChI is InChI=1S/C16H24N2OS/c1-4-18(5-2)9-8-12-11-17-16(20)14-7-6-13(19-3)10-15(12)14/h6-7,10,12H,4-5,8-9,11H2,1-3H3,(H,17,20). The predicted octanol–water partition coefficient (Wildman–Crippen LogP) is 2.79. The lowest BCUT2D eigenvalue weighted by molar-refractivity contribution is 0.289. The highest BCUT2D eigenvalue weighted by atomic mass is 32.1. The van der Waals surface area contributed by atoms with Crippen molar-refractivity contribution in [1.82, 2.24) is 10.2 Å². The molecule has 1 aromatic rings. The Bertz CT molecular complexity index is 472. The minimum absolute atomic E-state index is 0.507. The van der Waals surface area contributed by atoms with Gasteiger partial charge in [-0.25, -0.2) is 0 Å². The molecule has 0 fully saturated rings. The van der Waals surface area contributed by atoms with Gasteiger partial charge in [-0.05, 0) is 49.8 Å². The molecule has 1 atom stereocenters. The Morgan fingerprint density at radius 2 is 2.10 bits per heavy atom. The van der Waals surface area contributed by atoms with Gasteiger partial charge in [0.1, 0.15) is 10.7 Å². The number of hydrogen-bond acceptors (Lipinski definition) is 3. The Kier molecular flexibility index (Phi) is 5.38. The fourth-order valence-electron chi connectivity index (χ4n) is 2.77. The Morgan fingerprint density at radius 3 is 2.75 bits per heavy atom. The van der Waals surface area contributed by atoms with Gasteiger partial charge in [0.25, 0.3) is 0 Å². The third-order valence-corrected chi connectivity index (χ3v) is 4.50. The van der Waals surface area contributed by atoms with Gasteiger partial charge < -0.3 is 15.0 Å². The summed E-state index contributed by atoms with van der Waals surface area (Å²) >= 11 is 5.41. The third-order valence-electron chi connectivity index (χ3n) is 4.14. The number of fused-ring (bicyclic) bond motifs is 1. The lowest BCUT2D eigenvalue weighted by Gasteiger charge is -2.29. The molecule has 1 aliphatic heterocycles. The molecule has 0 aromatic heterocycles. The van der Waals surface area contributed by atoms with Crippen molar-refractivity contribution in [1.29, 1.82) is 0 Å². The van der Waals surface area contributed by atoms with Crippen LogP contribution < -0.4 is 10.1 Å². The van der Waals surface area contributed by atoms with Gasteiger partial charge in [-0.3, -0.25) is 0 Å². The van der Waals surface area contributed by atoms with E-state index in [0.29, 0.717) is 5.92 Å². The van der Waals surface area contributed by atoms with Gasteiger partial charge in [0.15, 0.2) is 0 Å². The average molecular weight is 292 g/mol. The largest absolute Gasteiger partial charge is 0.497 e. The van der Waals surface area contributed by atoms with Crippen molar-refractivity contribution >= 4 is 17.2 Å². The number of benzene rings is 1. The van der Waals surface area contributed by atoms with Crippen LogP contribution in [0, 0.1) is 0 Å². The van der Waals surface area contributed by atoms with Crippen molar-refractivity contribution in [3.05, 3.63) is 29.3 Å². The van der Waals surface area contributed by atoms with Crippen molar-refractivity contribution in [2.24, 2.45) is 0 Å². The van der Waals surface area contributed by atoms with E-state index in [4.69, 9.17) is 17.0 Å². The topological polar surface area (TPSA) is 24.5 Å². The highest BCUT2D eigenvalue weighted by molar-refractivity contribution is 7.80. The summed E-state index contributed by atoms with van der Waals surface area (Å²) in [4.78, 5) is 3.33. The maximum absolute atomic E-state index is 5.41. The van der Waals surface area contributed by atoms with Crippen molar-refractivity contribution in [2.45, 2.75) is 26.2 Å². The lowest BCUT2D eigenvalue weighted by atomic mass is 9.88. The van der Waals surface area contributed by atoms with E-state index in [0.717, 1.165) is 48.9 Å². The summed E-state index contributed by atoms with van der Waals surface area (Å²) in [5.74, 6) is 1.42. The van der Waals surface area contributed by atoms with Crippen LogP contribution in [0.15, 0.2) is 18.2 Å². The van der Waals surface area contributed by atoms with Crippen molar-refractivity contribution in [3.63, 3.8) is 0 Å². The Balaban J connectivity index is 2.16. The number of thiocarbonyl (C=S) groups is 1. The van der Waals surface area contributed by atoms with Crippen molar-refractivity contribution in [2.75, 3.05) is 33.3 Å². The molecule has 1 unspecified atom stereocenters. The predicted molar refractivity (Wildman–Crippen MR) is 87.8 cm³/mol. The van der Waals surface area contributed by atoms with Gasteiger partial charge in [0.2, 0.25) is 0 Å². The normalized spacial score (nSPS) is 17.8. The first-order valence-corrected chi connectivity index (χ1v) is 7.78. The summed E-state index contributed by atoms with van der Waals surface area (Å²) in [6, 6.07) is 6.21. The first-order chi connectivity index (χ1) is 9.69. The maximum Gasteiger partial charge on any atom is 0.119 e. The second kappa shape index (κ2) is 7.04. The number of methoxy groups -OCH3 is 1. The molecule has 2 rings (SSSR count). The van der Waals surface area contributed by atoms with Gasteiger partial charge in [-0.15, -0.1) is 0 Å². The quantitative estimate of drug-likeness (QED) is 0.815. The number of rotatable bonds is 6. The fourth-order valence-corrected chi connectivity index (χ4v) is 3.04. The van der Waals surface area contributed by atoms with E-state index in [1.54, 1.807) is 7.11 Å². The summed E-state index contributed by atoms with van der Waals surface area (Å²) in [6.45, 7) is 8.71. The van der Waals surface area contributed by atoms with Crippen LogP contribution in [-0.4, -0.2) is 43.2 Å². The van der Waals surface area contributed by atoms with Crippen LogP contribution in [0.5, 0.6) is 5.75 Å². The smallest absolute Gasteiger partial charge is 0.119 e. The van der Waals surface area contributed by atoms with E-state index < -0.39 is 0 Å². The highest BCUT2D eigenvalue weighted by Gasteiger charge is 2.23.